The highest BCUT2D eigenvalue weighted by Crippen LogP contribution is 2.28. The van der Waals surface area contributed by atoms with Crippen LogP contribution in [0.25, 0.3) is 0 Å². The highest BCUT2D eigenvalue weighted by atomic mass is 35.5. The number of nitrogens with zero attached hydrogens (tertiary/aromatic N) is 1. The summed E-state index contributed by atoms with van der Waals surface area (Å²) >= 11 is 6.42. The number of phenolic OH excluding ortho intramolecular Hbond substituents is 1. The predicted octanol–water partition coefficient (Wildman–Crippen LogP) is 3.14. The van der Waals surface area contributed by atoms with Crippen molar-refractivity contribution in [3.8, 4) is 11.5 Å². The minimum absolute atomic E-state index is 0.109. The van der Waals surface area contributed by atoms with Crippen LogP contribution in [0.4, 0.5) is 0 Å². The fraction of sp³-hybridized carbons (Fsp3) is 0.350. The fourth-order valence-electron chi connectivity index (χ4n) is 3.01. The minimum atomic E-state index is 0.109. The lowest BCUT2D eigenvalue weighted by molar-refractivity contribution is -0.926. The van der Waals surface area contributed by atoms with Crippen LogP contribution in [0.3, 0.4) is 0 Å². The van der Waals surface area contributed by atoms with Gasteiger partial charge in [0.25, 0.3) is 0 Å². The zero-order valence-corrected chi connectivity index (χ0v) is 15.8. The zero-order chi connectivity index (χ0) is 18.2. The molecule has 0 unspecified atom stereocenters. The van der Waals surface area contributed by atoms with E-state index in [1.54, 1.807) is 12.3 Å². The second kappa shape index (κ2) is 9.44. The van der Waals surface area contributed by atoms with E-state index in [-0.39, 0.29) is 11.8 Å². The van der Waals surface area contributed by atoms with Crippen molar-refractivity contribution in [1.82, 2.24) is 0 Å². The van der Waals surface area contributed by atoms with Crippen molar-refractivity contribution in [2.24, 2.45) is 4.99 Å². The van der Waals surface area contributed by atoms with Gasteiger partial charge in [-0.1, -0.05) is 35.9 Å². The van der Waals surface area contributed by atoms with E-state index in [9.17, 15) is 5.11 Å². The standard InChI is InChI=1S/C20H25ClN2O2/c1-4-23(5-2)18(16-10-6-7-11-17(16)21)14-22-13-15-9-8-12-19(25-3)20(15)24/h6-13,18,24H,4-5,14H2,1-3H3/p+1/t18-/m0/s1. The number of phenols is 1. The Kier molecular flexibility index (Phi) is 7.29. The lowest BCUT2D eigenvalue weighted by atomic mass is 10.0. The molecule has 0 aliphatic carbocycles. The summed E-state index contributed by atoms with van der Waals surface area (Å²) in [4.78, 5) is 6.01. The average molecular weight is 362 g/mol. The van der Waals surface area contributed by atoms with Crippen molar-refractivity contribution < 1.29 is 14.7 Å². The van der Waals surface area contributed by atoms with Crippen LogP contribution in [-0.4, -0.2) is 38.1 Å². The van der Waals surface area contributed by atoms with Crippen molar-refractivity contribution in [2.45, 2.75) is 19.9 Å². The number of ether oxygens (including phenoxy) is 1. The van der Waals surface area contributed by atoms with Crippen LogP contribution >= 0.6 is 11.6 Å². The van der Waals surface area contributed by atoms with Crippen LogP contribution in [0.2, 0.25) is 5.02 Å². The second-order valence-corrected chi connectivity index (χ2v) is 6.24. The Morgan fingerprint density at radius 3 is 2.52 bits per heavy atom. The number of rotatable bonds is 8. The molecule has 2 N–H and O–H groups in total. The molecule has 2 aromatic carbocycles. The van der Waals surface area contributed by atoms with Gasteiger partial charge in [-0.05, 0) is 32.0 Å². The zero-order valence-electron chi connectivity index (χ0n) is 15.0. The van der Waals surface area contributed by atoms with E-state index >= 15 is 0 Å². The Labute approximate surface area is 154 Å². The van der Waals surface area contributed by atoms with Crippen molar-refractivity contribution in [3.63, 3.8) is 0 Å². The van der Waals surface area contributed by atoms with Crippen LogP contribution in [0, 0.1) is 0 Å². The van der Waals surface area contributed by atoms with Crippen molar-refractivity contribution in [1.29, 1.82) is 0 Å². The molecule has 0 amide bonds. The number of halogens is 1. The smallest absolute Gasteiger partial charge is 0.166 e. The van der Waals surface area contributed by atoms with Gasteiger partial charge in [0.1, 0.15) is 6.04 Å². The molecule has 0 aliphatic heterocycles. The van der Waals surface area contributed by atoms with Gasteiger partial charge in [0, 0.05) is 22.4 Å². The maximum atomic E-state index is 10.2. The van der Waals surface area contributed by atoms with Crippen LogP contribution < -0.4 is 9.64 Å². The van der Waals surface area contributed by atoms with Crippen LogP contribution in [0.15, 0.2) is 47.5 Å². The minimum Gasteiger partial charge on any atom is -0.504 e. The van der Waals surface area contributed by atoms with E-state index in [4.69, 9.17) is 16.3 Å². The average Bonchev–Trinajstić information content (AvgIpc) is 2.63. The van der Waals surface area contributed by atoms with Gasteiger partial charge in [-0.3, -0.25) is 4.99 Å². The highest BCUT2D eigenvalue weighted by Gasteiger charge is 2.23. The number of aliphatic imine (C=N–C) groups is 1. The van der Waals surface area contributed by atoms with Crippen molar-refractivity contribution in [2.75, 3.05) is 26.7 Å². The quantitative estimate of drug-likeness (QED) is 0.709. The summed E-state index contributed by atoms with van der Waals surface area (Å²) in [5.74, 6) is 0.555. The molecule has 2 rings (SSSR count). The molecule has 0 aliphatic rings. The third kappa shape index (κ3) is 4.74. The SMILES string of the molecule is CC[NH+](CC)[C@@H](CN=Cc1cccc(OC)c1O)c1ccccc1Cl. The van der Waals surface area contributed by atoms with E-state index in [0.29, 0.717) is 17.9 Å². The molecule has 0 heterocycles. The van der Waals surface area contributed by atoms with Gasteiger partial charge in [-0.15, -0.1) is 0 Å². The molecule has 5 heteroatoms. The number of quaternary nitrogens is 1. The van der Waals surface area contributed by atoms with Gasteiger partial charge in [0.15, 0.2) is 11.5 Å². The third-order valence-corrected chi connectivity index (χ3v) is 4.79. The molecule has 0 saturated heterocycles. The first kappa shape index (κ1) is 19.3. The summed E-state index contributed by atoms with van der Waals surface area (Å²) in [6, 6.07) is 13.5. The highest BCUT2D eigenvalue weighted by molar-refractivity contribution is 6.31. The van der Waals surface area contributed by atoms with E-state index in [0.717, 1.165) is 23.7 Å². The van der Waals surface area contributed by atoms with Gasteiger partial charge < -0.3 is 14.7 Å². The first-order chi connectivity index (χ1) is 12.1. The summed E-state index contributed by atoms with van der Waals surface area (Å²) in [5, 5.41) is 10.9. The largest absolute Gasteiger partial charge is 0.504 e. The predicted molar refractivity (Wildman–Crippen MR) is 103 cm³/mol. The van der Waals surface area contributed by atoms with Gasteiger partial charge in [0.2, 0.25) is 0 Å². The molecule has 2 aromatic rings. The number of para-hydroxylation sites is 1. The van der Waals surface area contributed by atoms with E-state index in [2.05, 4.69) is 24.9 Å². The van der Waals surface area contributed by atoms with Gasteiger partial charge in [-0.25, -0.2) is 0 Å². The van der Waals surface area contributed by atoms with Gasteiger partial charge in [0.05, 0.1) is 26.7 Å². The number of methoxy groups -OCH3 is 1. The molecule has 4 nitrogen and oxygen atoms in total. The summed E-state index contributed by atoms with van der Waals surface area (Å²) < 4.78 is 5.14. The summed E-state index contributed by atoms with van der Waals surface area (Å²) in [6.07, 6.45) is 1.70. The fourth-order valence-corrected chi connectivity index (χ4v) is 3.28. The summed E-state index contributed by atoms with van der Waals surface area (Å²) in [5.41, 5.74) is 1.75. The number of benzene rings is 2. The molecular formula is C20H26ClN2O2+. The first-order valence-corrected chi connectivity index (χ1v) is 8.94. The molecule has 0 spiro atoms. The van der Waals surface area contributed by atoms with Crippen LogP contribution in [-0.2, 0) is 0 Å². The lowest BCUT2D eigenvalue weighted by Gasteiger charge is -2.26. The Balaban J connectivity index is 2.25. The Bertz CT molecular complexity index is 715. The van der Waals surface area contributed by atoms with Crippen LogP contribution in [0.5, 0.6) is 11.5 Å². The van der Waals surface area contributed by atoms with Gasteiger partial charge >= 0.3 is 0 Å². The molecule has 0 aromatic heterocycles. The monoisotopic (exact) mass is 361 g/mol. The van der Waals surface area contributed by atoms with E-state index in [1.807, 2.05) is 30.3 Å². The lowest BCUT2D eigenvalue weighted by Crippen LogP contribution is -3.12. The molecule has 134 valence electrons. The van der Waals surface area contributed by atoms with E-state index < -0.39 is 0 Å². The first-order valence-electron chi connectivity index (χ1n) is 8.57. The van der Waals surface area contributed by atoms with Crippen molar-refractivity contribution >= 4 is 17.8 Å². The molecule has 25 heavy (non-hydrogen) atoms. The number of hydrogen-bond donors (Lipinski definition) is 2. The normalized spacial score (nSPS) is 12.7. The molecule has 0 saturated carbocycles. The molecule has 0 radical (unpaired) electrons. The third-order valence-electron chi connectivity index (χ3n) is 4.45. The Hall–Kier alpha value is -2.04. The number of aromatic hydroxyl groups is 1. The van der Waals surface area contributed by atoms with Crippen molar-refractivity contribution in [3.05, 3.63) is 58.6 Å². The van der Waals surface area contributed by atoms with Gasteiger partial charge in [-0.2, -0.15) is 0 Å². The Morgan fingerprint density at radius 1 is 1.16 bits per heavy atom. The summed E-state index contributed by atoms with van der Waals surface area (Å²) in [6.45, 7) is 6.91. The number of hydrogen-bond acceptors (Lipinski definition) is 3. The maximum absolute atomic E-state index is 10.2. The summed E-state index contributed by atoms with van der Waals surface area (Å²) in [7, 11) is 1.53. The van der Waals surface area contributed by atoms with E-state index in [1.165, 1.54) is 12.0 Å². The number of nitrogens with one attached hydrogen (secondary N) is 1. The molecule has 1 atom stereocenters. The Morgan fingerprint density at radius 2 is 1.88 bits per heavy atom. The molecular weight excluding hydrogens is 336 g/mol. The molecule has 0 bridgehead atoms. The second-order valence-electron chi connectivity index (χ2n) is 5.83. The number of likely N-dealkylation sites (N-methyl/N-ethyl adjacent to an activating group) is 1. The molecule has 0 fully saturated rings. The topological polar surface area (TPSA) is 46.3 Å². The maximum Gasteiger partial charge on any atom is 0.166 e. The van der Waals surface area contributed by atoms with Crippen LogP contribution in [0.1, 0.15) is 31.0 Å².